The number of carbonyl (C=O) groups is 2. The molecule has 220 valence electrons. The predicted molar refractivity (Wildman–Crippen MR) is 163 cm³/mol. The Morgan fingerprint density at radius 1 is 0.951 bits per heavy atom. The number of halogens is 1. The smallest absolute Gasteiger partial charge is 0.264 e. The van der Waals surface area contributed by atoms with Crippen molar-refractivity contribution in [2.45, 2.75) is 64.6 Å². The molecule has 0 heterocycles. The van der Waals surface area contributed by atoms with E-state index in [0.29, 0.717) is 23.8 Å². The predicted octanol–water partition coefficient (Wildman–Crippen LogP) is 5.57. The van der Waals surface area contributed by atoms with Crippen LogP contribution in [0.2, 0.25) is 5.02 Å². The highest BCUT2D eigenvalue weighted by molar-refractivity contribution is 7.92. The molecule has 3 aromatic carbocycles. The molecule has 0 saturated heterocycles. The summed E-state index contributed by atoms with van der Waals surface area (Å²) in [7, 11) is -4.25. The first-order chi connectivity index (χ1) is 19.5. The van der Waals surface area contributed by atoms with E-state index >= 15 is 0 Å². The van der Waals surface area contributed by atoms with Gasteiger partial charge in [0.25, 0.3) is 10.0 Å². The number of hydrogen-bond acceptors (Lipinski definition) is 5. The van der Waals surface area contributed by atoms with E-state index in [-0.39, 0.29) is 29.1 Å². The zero-order chi connectivity index (χ0) is 30.2. The Kier molecular flexibility index (Phi) is 11.2. The molecule has 0 fully saturated rings. The molecule has 0 saturated carbocycles. The summed E-state index contributed by atoms with van der Waals surface area (Å²) in [5, 5.41) is 3.29. The standard InChI is InChI=1S/C31H38ClN3O5S/c1-6-27(31(37)33-22(3)4)34(20-24-13-9-8-12-23(24)5)30(36)21-35(28-14-10-11-15-29(28)40-7-2)41(38,39)26-18-16-25(32)17-19-26/h8-19,22,27H,6-7,20-21H2,1-5H3,(H,33,37). The van der Waals surface area contributed by atoms with E-state index in [1.165, 1.54) is 29.2 Å². The largest absolute Gasteiger partial charge is 0.492 e. The monoisotopic (exact) mass is 599 g/mol. The van der Waals surface area contributed by atoms with Crippen LogP contribution >= 0.6 is 11.6 Å². The Morgan fingerprint density at radius 3 is 2.20 bits per heavy atom. The van der Waals surface area contributed by atoms with E-state index in [0.717, 1.165) is 15.4 Å². The fourth-order valence-corrected chi connectivity index (χ4v) is 6.01. The van der Waals surface area contributed by atoms with Crippen molar-refractivity contribution < 1.29 is 22.7 Å². The lowest BCUT2D eigenvalue weighted by atomic mass is 10.1. The van der Waals surface area contributed by atoms with Gasteiger partial charge in [-0.1, -0.05) is 54.9 Å². The van der Waals surface area contributed by atoms with Crippen molar-refractivity contribution in [3.8, 4) is 5.75 Å². The number of anilines is 1. The van der Waals surface area contributed by atoms with Crippen LogP contribution in [0.15, 0.2) is 77.7 Å². The maximum Gasteiger partial charge on any atom is 0.264 e. The van der Waals surface area contributed by atoms with Crippen molar-refractivity contribution in [2.75, 3.05) is 17.5 Å². The number of nitrogens with one attached hydrogen (secondary N) is 1. The average Bonchev–Trinajstić information content (AvgIpc) is 2.93. The molecule has 0 aliphatic carbocycles. The first-order valence-electron chi connectivity index (χ1n) is 13.6. The maximum atomic E-state index is 14.2. The molecule has 0 aliphatic rings. The minimum absolute atomic E-state index is 0.0314. The van der Waals surface area contributed by atoms with E-state index in [1.54, 1.807) is 31.2 Å². The van der Waals surface area contributed by atoms with Gasteiger partial charge in [-0.05, 0) is 81.6 Å². The fourth-order valence-electron chi connectivity index (χ4n) is 4.46. The number of amides is 2. The lowest BCUT2D eigenvalue weighted by Gasteiger charge is -2.34. The van der Waals surface area contributed by atoms with Crippen molar-refractivity contribution in [1.82, 2.24) is 10.2 Å². The first-order valence-corrected chi connectivity index (χ1v) is 15.5. The lowest BCUT2D eigenvalue weighted by molar-refractivity contribution is -0.140. The molecule has 8 nitrogen and oxygen atoms in total. The van der Waals surface area contributed by atoms with Gasteiger partial charge in [0.05, 0.1) is 17.2 Å². The summed E-state index contributed by atoms with van der Waals surface area (Å²) in [6, 6.07) is 19.1. The zero-order valence-electron chi connectivity index (χ0n) is 24.1. The van der Waals surface area contributed by atoms with Gasteiger partial charge in [0.1, 0.15) is 18.3 Å². The van der Waals surface area contributed by atoms with Crippen molar-refractivity contribution in [2.24, 2.45) is 0 Å². The van der Waals surface area contributed by atoms with Crippen molar-refractivity contribution in [3.63, 3.8) is 0 Å². The Bertz CT molecular complexity index is 1440. The van der Waals surface area contributed by atoms with Gasteiger partial charge in [0.15, 0.2) is 0 Å². The molecule has 0 aliphatic heterocycles. The molecule has 1 atom stereocenters. The second-order valence-corrected chi connectivity index (χ2v) is 12.2. The number of nitrogens with zero attached hydrogens (tertiary/aromatic N) is 2. The third-order valence-corrected chi connectivity index (χ3v) is 8.56. The van der Waals surface area contributed by atoms with Gasteiger partial charge < -0.3 is 15.0 Å². The number of rotatable bonds is 13. The van der Waals surface area contributed by atoms with Crippen molar-refractivity contribution >= 4 is 39.1 Å². The molecule has 41 heavy (non-hydrogen) atoms. The maximum absolute atomic E-state index is 14.2. The average molecular weight is 600 g/mol. The van der Waals surface area contributed by atoms with Gasteiger partial charge in [0.2, 0.25) is 11.8 Å². The molecule has 3 aromatic rings. The van der Waals surface area contributed by atoms with E-state index in [1.807, 2.05) is 52.0 Å². The second kappa shape index (κ2) is 14.4. The molecular weight excluding hydrogens is 562 g/mol. The van der Waals surface area contributed by atoms with Gasteiger partial charge >= 0.3 is 0 Å². The quantitative estimate of drug-likeness (QED) is 0.277. The summed E-state index contributed by atoms with van der Waals surface area (Å²) in [6.07, 6.45) is 0.343. The molecule has 2 amide bonds. The van der Waals surface area contributed by atoms with E-state index in [9.17, 15) is 18.0 Å². The van der Waals surface area contributed by atoms with Crippen LogP contribution < -0.4 is 14.4 Å². The summed E-state index contributed by atoms with van der Waals surface area (Å²) in [4.78, 5) is 28.9. The number of carbonyl (C=O) groups excluding carboxylic acids is 2. The van der Waals surface area contributed by atoms with Crippen LogP contribution in [0.4, 0.5) is 5.69 Å². The Balaban J connectivity index is 2.13. The van der Waals surface area contributed by atoms with E-state index in [2.05, 4.69) is 5.32 Å². The van der Waals surface area contributed by atoms with Gasteiger partial charge in [0, 0.05) is 17.6 Å². The SMILES string of the molecule is CCOc1ccccc1N(CC(=O)N(Cc1ccccc1C)C(CC)C(=O)NC(C)C)S(=O)(=O)c1ccc(Cl)cc1. The molecule has 0 radical (unpaired) electrons. The topological polar surface area (TPSA) is 96.0 Å². The highest BCUT2D eigenvalue weighted by Crippen LogP contribution is 2.33. The number of para-hydroxylation sites is 2. The van der Waals surface area contributed by atoms with Crippen LogP contribution in [0.3, 0.4) is 0 Å². The van der Waals surface area contributed by atoms with Crippen LogP contribution in [0.25, 0.3) is 0 Å². The van der Waals surface area contributed by atoms with Crippen molar-refractivity contribution in [1.29, 1.82) is 0 Å². The Morgan fingerprint density at radius 2 is 1.59 bits per heavy atom. The summed E-state index contributed by atoms with van der Waals surface area (Å²) in [6.45, 7) is 9.14. The van der Waals surface area contributed by atoms with Crippen LogP contribution in [0, 0.1) is 6.92 Å². The van der Waals surface area contributed by atoms with Gasteiger partial charge in [-0.3, -0.25) is 13.9 Å². The highest BCUT2D eigenvalue weighted by atomic mass is 35.5. The minimum atomic E-state index is -4.25. The Hall–Kier alpha value is -3.56. The number of aryl methyl sites for hydroxylation is 1. The van der Waals surface area contributed by atoms with Gasteiger partial charge in [-0.15, -0.1) is 0 Å². The molecule has 1 unspecified atom stereocenters. The van der Waals surface area contributed by atoms with Crippen LogP contribution in [-0.4, -0.2) is 50.4 Å². The van der Waals surface area contributed by atoms with Gasteiger partial charge in [-0.25, -0.2) is 8.42 Å². The summed E-state index contributed by atoms with van der Waals surface area (Å²) < 4.78 is 34.9. The normalized spacial score (nSPS) is 12.1. The first kappa shape index (κ1) is 32.0. The summed E-state index contributed by atoms with van der Waals surface area (Å²) in [5.41, 5.74) is 2.03. The van der Waals surface area contributed by atoms with E-state index < -0.39 is 28.5 Å². The van der Waals surface area contributed by atoms with Crippen LogP contribution in [0.5, 0.6) is 5.75 Å². The van der Waals surface area contributed by atoms with Crippen molar-refractivity contribution in [3.05, 3.63) is 88.9 Å². The molecule has 0 bridgehead atoms. The summed E-state index contributed by atoms with van der Waals surface area (Å²) in [5.74, 6) is -0.510. The molecule has 3 rings (SSSR count). The molecule has 0 spiro atoms. The fraction of sp³-hybridized carbons (Fsp3) is 0.355. The number of ether oxygens (including phenoxy) is 1. The number of hydrogen-bond donors (Lipinski definition) is 1. The summed E-state index contributed by atoms with van der Waals surface area (Å²) >= 11 is 6.03. The van der Waals surface area contributed by atoms with Gasteiger partial charge in [-0.2, -0.15) is 0 Å². The number of sulfonamides is 1. The molecule has 10 heteroatoms. The molecule has 1 N–H and O–H groups in total. The highest BCUT2D eigenvalue weighted by Gasteiger charge is 2.35. The zero-order valence-corrected chi connectivity index (χ0v) is 25.7. The molecular formula is C31H38ClN3O5S. The third kappa shape index (κ3) is 8.01. The minimum Gasteiger partial charge on any atom is -0.492 e. The molecule has 0 aromatic heterocycles. The van der Waals surface area contributed by atoms with E-state index in [4.69, 9.17) is 16.3 Å². The second-order valence-electron chi connectivity index (χ2n) is 9.90. The third-order valence-electron chi connectivity index (χ3n) is 6.53. The van der Waals surface area contributed by atoms with Crippen LogP contribution in [0.1, 0.15) is 45.2 Å². The van der Waals surface area contributed by atoms with Crippen LogP contribution in [-0.2, 0) is 26.2 Å². The number of benzene rings is 3. The Labute approximate surface area is 248 Å². The lowest BCUT2D eigenvalue weighted by Crippen LogP contribution is -2.53.